The van der Waals surface area contributed by atoms with Gasteiger partial charge in [0.25, 0.3) is 0 Å². The van der Waals surface area contributed by atoms with Crippen molar-refractivity contribution in [2.24, 2.45) is 11.7 Å². The summed E-state index contributed by atoms with van der Waals surface area (Å²) in [5.41, 5.74) is 5.96. The SMILES string of the molecule is CSC[C@H](N)C1=C(C(=O)O)N2C(=O)[C@H]([C@@H](C)O)[C@H]2S1. The molecule has 0 saturated carbocycles. The number of hydrogen-bond acceptors (Lipinski definition) is 6. The van der Waals surface area contributed by atoms with Crippen molar-refractivity contribution in [1.82, 2.24) is 4.90 Å². The van der Waals surface area contributed by atoms with E-state index in [-0.39, 0.29) is 17.0 Å². The van der Waals surface area contributed by atoms with Gasteiger partial charge in [-0.05, 0) is 13.2 Å². The van der Waals surface area contributed by atoms with Crippen molar-refractivity contribution in [3.05, 3.63) is 10.6 Å². The summed E-state index contributed by atoms with van der Waals surface area (Å²) in [7, 11) is 0. The predicted octanol–water partition coefficient (Wildman–Crippen LogP) is -0.115. The van der Waals surface area contributed by atoms with Gasteiger partial charge in [0.05, 0.1) is 12.0 Å². The Kier molecular flexibility index (Phi) is 4.14. The van der Waals surface area contributed by atoms with E-state index in [1.165, 1.54) is 28.4 Å². The van der Waals surface area contributed by atoms with Crippen LogP contribution in [0.15, 0.2) is 10.6 Å². The van der Waals surface area contributed by atoms with E-state index in [1.54, 1.807) is 6.92 Å². The van der Waals surface area contributed by atoms with Gasteiger partial charge < -0.3 is 15.9 Å². The number of aliphatic hydroxyl groups excluding tert-OH is 1. The maximum atomic E-state index is 11.9. The van der Waals surface area contributed by atoms with Crippen LogP contribution < -0.4 is 5.73 Å². The number of rotatable bonds is 5. The molecule has 106 valence electrons. The number of β-lactam (4-membered cyclic amide) rings is 1. The number of nitrogens with two attached hydrogens (primary N) is 1. The molecule has 2 heterocycles. The molecule has 0 aromatic carbocycles. The summed E-state index contributed by atoms with van der Waals surface area (Å²) in [4.78, 5) is 25.1. The lowest BCUT2D eigenvalue weighted by Crippen LogP contribution is -2.60. The number of aliphatic hydroxyl groups is 1. The number of carboxylic acid groups (broad SMARTS) is 1. The molecule has 2 rings (SSSR count). The highest BCUT2D eigenvalue weighted by Gasteiger charge is 2.58. The van der Waals surface area contributed by atoms with Crippen LogP contribution in [0.25, 0.3) is 0 Å². The molecule has 0 bridgehead atoms. The molecule has 0 unspecified atom stereocenters. The molecule has 0 aliphatic carbocycles. The van der Waals surface area contributed by atoms with E-state index in [0.29, 0.717) is 10.7 Å². The van der Waals surface area contributed by atoms with Crippen molar-refractivity contribution in [3.8, 4) is 0 Å². The molecule has 8 heteroatoms. The van der Waals surface area contributed by atoms with Crippen molar-refractivity contribution in [3.63, 3.8) is 0 Å². The number of hydrogen-bond donors (Lipinski definition) is 3. The Morgan fingerprint density at radius 2 is 2.26 bits per heavy atom. The number of amides is 1. The van der Waals surface area contributed by atoms with Crippen LogP contribution in [0.3, 0.4) is 0 Å². The van der Waals surface area contributed by atoms with Gasteiger partial charge >= 0.3 is 5.97 Å². The molecule has 1 fully saturated rings. The lowest BCUT2D eigenvalue weighted by atomic mass is 9.92. The zero-order valence-corrected chi connectivity index (χ0v) is 12.2. The summed E-state index contributed by atoms with van der Waals surface area (Å²) in [5, 5.41) is 18.5. The van der Waals surface area contributed by atoms with Crippen molar-refractivity contribution in [2.45, 2.75) is 24.4 Å². The number of carbonyl (C=O) groups is 2. The minimum atomic E-state index is -1.14. The normalized spacial score (nSPS) is 29.1. The molecule has 1 saturated heterocycles. The Bertz CT molecular complexity index is 452. The molecule has 0 aromatic rings. The fourth-order valence-electron chi connectivity index (χ4n) is 2.33. The second-order valence-electron chi connectivity index (χ2n) is 4.56. The largest absolute Gasteiger partial charge is 0.477 e. The first-order valence-corrected chi connectivity index (χ1v) is 8.07. The van der Waals surface area contributed by atoms with Gasteiger partial charge in [0.2, 0.25) is 5.91 Å². The molecule has 4 atom stereocenters. The van der Waals surface area contributed by atoms with Crippen LogP contribution in [0.4, 0.5) is 0 Å². The molecule has 1 amide bonds. The second-order valence-corrected chi connectivity index (χ2v) is 6.63. The third-order valence-electron chi connectivity index (χ3n) is 3.21. The fraction of sp³-hybridized carbons (Fsp3) is 0.636. The molecular weight excluding hydrogens is 288 g/mol. The van der Waals surface area contributed by atoms with E-state index in [4.69, 9.17) is 5.73 Å². The van der Waals surface area contributed by atoms with E-state index in [0.717, 1.165) is 0 Å². The maximum Gasteiger partial charge on any atom is 0.353 e. The average molecular weight is 304 g/mol. The third kappa shape index (κ3) is 2.26. The number of nitrogens with zero attached hydrogens (tertiary/aromatic N) is 1. The number of fused-ring (bicyclic) bond motifs is 1. The summed E-state index contributed by atoms with van der Waals surface area (Å²) in [6.45, 7) is 1.54. The van der Waals surface area contributed by atoms with Gasteiger partial charge in [-0.25, -0.2) is 4.79 Å². The van der Waals surface area contributed by atoms with Crippen LogP contribution in [0.5, 0.6) is 0 Å². The number of aliphatic carboxylic acids is 1. The van der Waals surface area contributed by atoms with Crippen LogP contribution in [-0.4, -0.2) is 56.5 Å². The minimum absolute atomic E-state index is 0.0153. The Morgan fingerprint density at radius 3 is 2.74 bits per heavy atom. The van der Waals surface area contributed by atoms with Crippen molar-refractivity contribution < 1.29 is 19.8 Å². The Balaban J connectivity index is 2.29. The van der Waals surface area contributed by atoms with E-state index < -0.39 is 24.0 Å². The zero-order valence-electron chi connectivity index (χ0n) is 10.6. The van der Waals surface area contributed by atoms with Gasteiger partial charge in [-0.2, -0.15) is 11.8 Å². The van der Waals surface area contributed by atoms with Crippen molar-refractivity contribution >= 4 is 35.4 Å². The lowest BCUT2D eigenvalue weighted by Gasteiger charge is -2.43. The Morgan fingerprint density at radius 1 is 1.63 bits per heavy atom. The quantitative estimate of drug-likeness (QED) is 0.609. The van der Waals surface area contributed by atoms with Gasteiger partial charge in [0.1, 0.15) is 11.1 Å². The van der Waals surface area contributed by atoms with E-state index in [9.17, 15) is 19.8 Å². The monoisotopic (exact) mass is 304 g/mol. The summed E-state index contributed by atoms with van der Waals surface area (Å²) >= 11 is 2.81. The van der Waals surface area contributed by atoms with Crippen molar-refractivity contribution in [1.29, 1.82) is 0 Å². The minimum Gasteiger partial charge on any atom is -0.477 e. The maximum absolute atomic E-state index is 11.9. The highest BCUT2D eigenvalue weighted by Crippen LogP contribution is 2.51. The summed E-state index contributed by atoms with van der Waals surface area (Å²) in [6.07, 6.45) is 1.10. The summed E-state index contributed by atoms with van der Waals surface area (Å²) < 4.78 is 0. The first-order valence-electron chi connectivity index (χ1n) is 5.80. The van der Waals surface area contributed by atoms with Crippen LogP contribution in [-0.2, 0) is 9.59 Å². The van der Waals surface area contributed by atoms with Crippen LogP contribution >= 0.6 is 23.5 Å². The standard InChI is InChI=1S/C11H16N2O4S2/c1-4(14)6-9(15)13-7(11(16)17)8(19-10(6)13)5(12)3-18-2/h4-6,10,14H,3,12H2,1-2H3,(H,16,17)/t4-,5+,6+,10-/m1/s1. The smallest absolute Gasteiger partial charge is 0.353 e. The highest BCUT2D eigenvalue weighted by molar-refractivity contribution is 8.04. The molecule has 0 aromatic heterocycles. The van der Waals surface area contributed by atoms with Gasteiger partial charge in [0.15, 0.2) is 0 Å². The van der Waals surface area contributed by atoms with Crippen LogP contribution in [0, 0.1) is 5.92 Å². The molecule has 0 radical (unpaired) electrons. The molecule has 19 heavy (non-hydrogen) atoms. The summed E-state index contributed by atoms with van der Waals surface area (Å²) in [5.74, 6) is -1.43. The number of carbonyl (C=O) groups excluding carboxylic acids is 1. The van der Waals surface area contributed by atoms with Gasteiger partial charge in [-0.1, -0.05) is 11.8 Å². The fourth-order valence-corrected chi connectivity index (χ4v) is 4.58. The first-order chi connectivity index (χ1) is 8.90. The number of carboxylic acids is 1. The van der Waals surface area contributed by atoms with Gasteiger partial charge in [0, 0.05) is 16.7 Å². The third-order valence-corrected chi connectivity index (χ3v) is 5.40. The number of thioether (sulfide) groups is 2. The predicted molar refractivity (Wildman–Crippen MR) is 74.4 cm³/mol. The van der Waals surface area contributed by atoms with Gasteiger partial charge in [-0.15, -0.1) is 0 Å². The topological polar surface area (TPSA) is 104 Å². The average Bonchev–Trinajstić information content (AvgIpc) is 2.64. The Labute approximate surface area is 119 Å². The zero-order chi connectivity index (χ0) is 14.3. The summed E-state index contributed by atoms with van der Waals surface area (Å²) in [6, 6.07) is -0.404. The lowest BCUT2D eigenvalue weighted by molar-refractivity contribution is -0.156. The highest BCUT2D eigenvalue weighted by atomic mass is 32.2. The van der Waals surface area contributed by atoms with Gasteiger partial charge in [-0.3, -0.25) is 9.69 Å². The molecule has 2 aliphatic rings. The first kappa shape index (κ1) is 14.7. The second kappa shape index (κ2) is 5.35. The van der Waals surface area contributed by atoms with Crippen LogP contribution in [0.1, 0.15) is 6.92 Å². The molecule has 4 N–H and O–H groups in total. The molecule has 0 spiro atoms. The molecule has 6 nitrogen and oxygen atoms in total. The van der Waals surface area contributed by atoms with E-state index >= 15 is 0 Å². The van der Waals surface area contributed by atoms with Crippen LogP contribution in [0.2, 0.25) is 0 Å². The van der Waals surface area contributed by atoms with E-state index in [2.05, 4.69) is 0 Å². The van der Waals surface area contributed by atoms with Crippen molar-refractivity contribution in [2.75, 3.05) is 12.0 Å². The Hall–Kier alpha value is -0.700. The molecule has 2 aliphatic heterocycles. The molecular formula is C11H16N2O4S2. The van der Waals surface area contributed by atoms with E-state index in [1.807, 2.05) is 6.26 Å².